The topological polar surface area (TPSA) is 26.0 Å². The third kappa shape index (κ3) is 1.54. The standard InChI is InChI=1S/C15H27N/c1-2-11-6-5-7-12(10-11)15(16)13-8-3-4-9-14(13)15/h11-14H,2-10,16H2,1H3. The third-order valence-electron chi connectivity index (χ3n) is 6.01. The Kier molecular flexibility index (Phi) is 2.78. The zero-order chi connectivity index (χ0) is 11.2. The second-order valence-corrected chi connectivity index (χ2v) is 6.64. The predicted molar refractivity (Wildman–Crippen MR) is 68.1 cm³/mol. The largest absolute Gasteiger partial charge is 0.324 e. The first-order valence-corrected chi connectivity index (χ1v) is 7.55. The van der Waals surface area contributed by atoms with Gasteiger partial charge in [-0.15, -0.1) is 0 Å². The molecule has 0 bridgehead atoms. The van der Waals surface area contributed by atoms with E-state index in [0.717, 1.165) is 23.7 Å². The first-order chi connectivity index (χ1) is 7.76. The van der Waals surface area contributed by atoms with Crippen molar-refractivity contribution in [2.75, 3.05) is 0 Å². The number of fused-ring (bicyclic) bond motifs is 1. The number of hydrogen-bond acceptors (Lipinski definition) is 1. The highest BCUT2D eigenvalue weighted by Gasteiger charge is 2.65. The summed E-state index contributed by atoms with van der Waals surface area (Å²) in [6.45, 7) is 2.36. The van der Waals surface area contributed by atoms with Crippen LogP contribution in [0.25, 0.3) is 0 Å². The van der Waals surface area contributed by atoms with E-state index < -0.39 is 0 Å². The molecule has 0 aromatic carbocycles. The molecule has 3 saturated carbocycles. The Hall–Kier alpha value is -0.0400. The molecule has 3 aliphatic carbocycles. The molecule has 0 aliphatic heterocycles. The summed E-state index contributed by atoms with van der Waals surface area (Å²) in [7, 11) is 0. The van der Waals surface area contributed by atoms with Crippen LogP contribution >= 0.6 is 0 Å². The molecule has 3 rings (SSSR count). The van der Waals surface area contributed by atoms with Crippen molar-refractivity contribution in [3.8, 4) is 0 Å². The van der Waals surface area contributed by atoms with E-state index in [0.29, 0.717) is 5.54 Å². The van der Waals surface area contributed by atoms with Gasteiger partial charge in [-0.3, -0.25) is 0 Å². The van der Waals surface area contributed by atoms with Gasteiger partial charge in [-0.25, -0.2) is 0 Å². The van der Waals surface area contributed by atoms with Crippen LogP contribution in [0.4, 0.5) is 0 Å². The molecule has 0 saturated heterocycles. The predicted octanol–water partition coefficient (Wildman–Crippen LogP) is 3.72. The Labute approximate surface area is 100 Å². The van der Waals surface area contributed by atoms with Crippen LogP contribution in [0.2, 0.25) is 0 Å². The van der Waals surface area contributed by atoms with E-state index in [2.05, 4.69) is 6.92 Å². The molecule has 16 heavy (non-hydrogen) atoms. The second kappa shape index (κ2) is 4.01. The van der Waals surface area contributed by atoms with Gasteiger partial charge in [-0.05, 0) is 49.4 Å². The maximum atomic E-state index is 6.79. The summed E-state index contributed by atoms with van der Waals surface area (Å²) in [4.78, 5) is 0. The van der Waals surface area contributed by atoms with Gasteiger partial charge in [-0.2, -0.15) is 0 Å². The van der Waals surface area contributed by atoms with E-state index in [1.807, 2.05) is 0 Å². The van der Waals surface area contributed by atoms with Gasteiger partial charge in [0, 0.05) is 5.54 Å². The Morgan fingerprint density at radius 2 is 1.69 bits per heavy atom. The summed E-state index contributed by atoms with van der Waals surface area (Å²) in [5.74, 6) is 3.70. The maximum absolute atomic E-state index is 6.79. The van der Waals surface area contributed by atoms with Gasteiger partial charge in [-0.1, -0.05) is 39.0 Å². The molecule has 0 heterocycles. The normalized spacial score (nSPS) is 52.1. The fraction of sp³-hybridized carbons (Fsp3) is 1.00. The van der Waals surface area contributed by atoms with Crippen LogP contribution in [-0.2, 0) is 0 Å². The van der Waals surface area contributed by atoms with E-state index in [1.54, 1.807) is 0 Å². The van der Waals surface area contributed by atoms with Crippen molar-refractivity contribution >= 4 is 0 Å². The van der Waals surface area contributed by atoms with Gasteiger partial charge >= 0.3 is 0 Å². The maximum Gasteiger partial charge on any atom is 0.0246 e. The Balaban J connectivity index is 1.68. The molecular formula is C15H27N. The molecule has 2 N–H and O–H groups in total. The molecule has 0 aromatic rings. The molecule has 4 atom stereocenters. The lowest BCUT2D eigenvalue weighted by Gasteiger charge is -2.34. The highest BCUT2D eigenvalue weighted by atomic mass is 14.9. The summed E-state index contributed by atoms with van der Waals surface area (Å²) >= 11 is 0. The first-order valence-electron chi connectivity index (χ1n) is 7.55. The molecule has 1 nitrogen and oxygen atoms in total. The fourth-order valence-electron chi connectivity index (χ4n) is 4.94. The molecule has 4 unspecified atom stereocenters. The first kappa shape index (κ1) is 11.1. The molecule has 3 fully saturated rings. The molecule has 3 aliphatic rings. The molecule has 0 aromatic heterocycles. The van der Waals surface area contributed by atoms with Crippen molar-refractivity contribution in [3.05, 3.63) is 0 Å². The van der Waals surface area contributed by atoms with Gasteiger partial charge in [0.25, 0.3) is 0 Å². The lowest BCUT2D eigenvalue weighted by molar-refractivity contribution is 0.204. The number of rotatable bonds is 2. The zero-order valence-corrected chi connectivity index (χ0v) is 10.8. The van der Waals surface area contributed by atoms with E-state index in [9.17, 15) is 0 Å². The molecule has 0 amide bonds. The molecule has 1 heteroatoms. The van der Waals surface area contributed by atoms with Gasteiger partial charge in [0.05, 0.1) is 0 Å². The van der Waals surface area contributed by atoms with E-state index in [4.69, 9.17) is 5.73 Å². The summed E-state index contributed by atoms with van der Waals surface area (Å²) < 4.78 is 0. The van der Waals surface area contributed by atoms with Crippen molar-refractivity contribution in [2.24, 2.45) is 29.4 Å². The monoisotopic (exact) mass is 221 g/mol. The fourth-order valence-corrected chi connectivity index (χ4v) is 4.94. The highest BCUT2D eigenvalue weighted by Crippen LogP contribution is 2.63. The summed E-state index contributed by atoms with van der Waals surface area (Å²) in [6, 6.07) is 0. The van der Waals surface area contributed by atoms with Crippen LogP contribution in [-0.4, -0.2) is 5.54 Å². The molecule has 0 radical (unpaired) electrons. The molecular weight excluding hydrogens is 194 g/mol. The van der Waals surface area contributed by atoms with Crippen LogP contribution in [0.1, 0.15) is 64.7 Å². The average molecular weight is 221 g/mol. The van der Waals surface area contributed by atoms with Gasteiger partial charge in [0.1, 0.15) is 0 Å². The minimum absolute atomic E-state index is 0.296. The van der Waals surface area contributed by atoms with Gasteiger partial charge in [0.15, 0.2) is 0 Å². The zero-order valence-electron chi connectivity index (χ0n) is 10.8. The van der Waals surface area contributed by atoms with Crippen molar-refractivity contribution in [1.82, 2.24) is 0 Å². The number of nitrogens with two attached hydrogens (primary N) is 1. The van der Waals surface area contributed by atoms with E-state index in [1.165, 1.54) is 57.8 Å². The van der Waals surface area contributed by atoms with Crippen LogP contribution in [0.3, 0.4) is 0 Å². The molecule has 0 spiro atoms. The summed E-state index contributed by atoms with van der Waals surface area (Å²) in [5.41, 5.74) is 7.08. The smallest absolute Gasteiger partial charge is 0.0246 e. The lowest BCUT2D eigenvalue weighted by Crippen LogP contribution is -2.39. The lowest BCUT2D eigenvalue weighted by atomic mass is 9.74. The van der Waals surface area contributed by atoms with Crippen LogP contribution < -0.4 is 5.73 Å². The Morgan fingerprint density at radius 1 is 1.00 bits per heavy atom. The van der Waals surface area contributed by atoms with Gasteiger partial charge < -0.3 is 5.73 Å². The highest BCUT2D eigenvalue weighted by molar-refractivity contribution is 5.20. The van der Waals surface area contributed by atoms with Gasteiger partial charge in [0.2, 0.25) is 0 Å². The van der Waals surface area contributed by atoms with Crippen LogP contribution in [0.15, 0.2) is 0 Å². The summed E-state index contributed by atoms with van der Waals surface area (Å²) in [5, 5.41) is 0. The molecule has 92 valence electrons. The Morgan fingerprint density at radius 3 is 2.31 bits per heavy atom. The van der Waals surface area contributed by atoms with Crippen molar-refractivity contribution in [3.63, 3.8) is 0 Å². The van der Waals surface area contributed by atoms with E-state index in [-0.39, 0.29) is 0 Å². The van der Waals surface area contributed by atoms with Crippen molar-refractivity contribution < 1.29 is 0 Å². The van der Waals surface area contributed by atoms with Crippen LogP contribution in [0.5, 0.6) is 0 Å². The minimum atomic E-state index is 0.296. The van der Waals surface area contributed by atoms with Crippen LogP contribution in [0, 0.1) is 23.7 Å². The van der Waals surface area contributed by atoms with E-state index >= 15 is 0 Å². The quantitative estimate of drug-likeness (QED) is 0.755. The Bertz CT molecular complexity index is 248. The number of hydrogen-bond donors (Lipinski definition) is 1. The summed E-state index contributed by atoms with van der Waals surface area (Å²) in [6.07, 6.45) is 12.9. The SMILES string of the molecule is CCC1CCCC(C2(N)C3CCCCC32)C1. The second-order valence-electron chi connectivity index (χ2n) is 6.64. The minimum Gasteiger partial charge on any atom is -0.324 e. The van der Waals surface area contributed by atoms with Crippen molar-refractivity contribution in [2.45, 2.75) is 70.3 Å². The van der Waals surface area contributed by atoms with Crippen molar-refractivity contribution in [1.29, 1.82) is 0 Å². The average Bonchev–Trinajstić information content (AvgIpc) is 2.98. The third-order valence-corrected chi connectivity index (χ3v) is 6.01.